The lowest BCUT2D eigenvalue weighted by Gasteiger charge is -2.35. The van der Waals surface area contributed by atoms with Crippen LogP contribution < -0.4 is 5.73 Å². The zero-order chi connectivity index (χ0) is 9.72. The van der Waals surface area contributed by atoms with Gasteiger partial charge in [-0.05, 0) is 18.5 Å². The minimum Gasteiger partial charge on any atom is -0.337 e. The van der Waals surface area contributed by atoms with Gasteiger partial charge >= 0.3 is 0 Å². The molecule has 0 rings (SSSR count). The Balaban J connectivity index is 4.26. The molecule has 0 heterocycles. The van der Waals surface area contributed by atoms with Crippen molar-refractivity contribution in [2.45, 2.75) is 53.0 Å². The third kappa shape index (κ3) is 3.15. The monoisotopic (exact) mass is 170 g/mol. The molecule has 0 aromatic rings. The molecule has 0 spiro atoms. The second-order valence-corrected chi connectivity index (χ2v) is 3.93. The van der Waals surface area contributed by atoms with Gasteiger partial charge in [-0.25, -0.2) is 0 Å². The maximum absolute atomic E-state index is 5.72. The van der Waals surface area contributed by atoms with Crippen LogP contribution in [0, 0.1) is 0 Å². The molecule has 3 heteroatoms. The topological polar surface area (TPSA) is 29.3 Å². The van der Waals surface area contributed by atoms with Crippen LogP contribution in [0.25, 0.3) is 0 Å². The van der Waals surface area contributed by atoms with Crippen molar-refractivity contribution in [3.63, 3.8) is 0 Å². The van der Waals surface area contributed by atoms with Crippen molar-refractivity contribution in [3.8, 4) is 0 Å². The summed E-state index contributed by atoms with van der Waals surface area (Å²) in [5.41, 5.74) is 5.72. The molecule has 0 atom stereocenters. The van der Waals surface area contributed by atoms with Crippen molar-refractivity contribution in [2.24, 2.45) is 5.73 Å². The van der Waals surface area contributed by atoms with Gasteiger partial charge in [0.25, 0.3) is 0 Å². The Morgan fingerprint density at radius 1 is 1.17 bits per heavy atom. The third-order valence-electron chi connectivity index (χ3n) is 2.36. The number of rotatable bonds is 5. The van der Waals surface area contributed by atoms with Gasteiger partial charge in [0.1, 0.15) is 0 Å². The quantitative estimate of drug-likeness (QED) is 0.635. The first kappa shape index (κ1) is 12.0. The highest BCUT2D eigenvalue weighted by Gasteiger charge is 2.24. The lowest BCUT2D eigenvalue weighted by atomic mass is 9.56. The zero-order valence-electron chi connectivity index (χ0n) is 9.17. The van der Waals surface area contributed by atoms with Crippen molar-refractivity contribution < 1.29 is 0 Å². The summed E-state index contributed by atoms with van der Waals surface area (Å²) >= 11 is 0. The van der Waals surface area contributed by atoms with Gasteiger partial charge in [-0.1, -0.05) is 40.9 Å². The molecule has 0 aliphatic rings. The molecule has 0 radical (unpaired) electrons. The molecule has 0 saturated carbocycles. The Morgan fingerprint density at radius 3 is 1.67 bits per heavy atom. The van der Waals surface area contributed by atoms with Gasteiger partial charge in [0.15, 0.2) is 0 Å². The second-order valence-electron chi connectivity index (χ2n) is 3.93. The first-order valence-corrected chi connectivity index (χ1v) is 5.02. The van der Waals surface area contributed by atoms with E-state index in [1.807, 2.05) is 0 Å². The molecule has 0 aliphatic carbocycles. The molecular formula is C9H23BN2. The van der Waals surface area contributed by atoms with Gasteiger partial charge in [-0.3, -0.25) is 0 Å². The lowest BCUT2D eigenvalue weighted by Crippen LogP contribution is -2.51. The van der Waals surface area contributed by atoms with Gasteiger partial charge in [-0.2, -0.15) is 0 Å². The fraction of sp³-hybridized carbons (Fsp3) is 1.00. The van der Waals surface area contributed by atoms with Gasteiger partial charge in [0, 0.05) is 0 Å². The van der Waals surface area contributed by atoms with E-state index in [0.29, 0.717) is 18.9 Å². The Labute approximate surface area is 77.6 Å². The summed E-state index contributed by atoms with van der Waals surface area (Å²) in [7, 11) is 0. The summed E-state index contributed by atoms with van der Waals surface area (Å²) < 4.78 is 0. The maximum Gasteiger partial charge on any atom is 0.237 e. The predicted molar refractivity (Wildman–Crippen MR) is 57.4 cm³/mol. The number of hydrogen-bond acceptors (Lipinski definition) is 2. The highest BCUT2D eigenvalue weighted by atomic mass is 15.1. The molecule has 0 bridgehead atoms. The van der Waals surface area contributed by atoms with Gasteiger partial charge in [0.2, 0.25) is 6.85 Å². The Hall–Kier alpha value is -0.0151. The highest BCUT2D eigenvalue weighted by molar-refractivity contribution is 6.56. The third-order valence-corrected chi connectivity index (χ3v) is 2.36. The molecule has 2 nitrogen and oxygen atoms in total. The van der Waals surface area contributed by atoms with Crippen molar-refractivity contribution in [1.29, 1.82) is 0 Å². The molecule has 0 aliphatic heterocycles. The van der Waals surface area contributed by atoms with E-state index < -0.39 is 0 Å². The second kappa shape index (κ2) is 5.60. The fourth-order valence-electron chi connectivity index (χ4n) is 1.94. The SMILES string of the molecule is CCB(CN)N(C(C)C)C(C)C. The van der Waals surface area contributed by atoms with Gasteiger partial charge in [0.05, 0.1) is 0 Å². The van der Waals surface area contributed by atoms with E-state index in [-0.39, 0.29) is 0 Å². The average Bonchev–Trinajstić information content (AvgIpc) is 1.98. The summed E-state index contributed by atoms with van der Waals surface area (Å²) in [5, 5.41) is 0. The van der Waals surface area contributed by atoms with E-state index in [1.54, 1.807) is 0 Å². The molecule has 0 aromatic heterocycles. The predicted octanol–water partition coefficient (Wildman–Crippen LogP) is 1.61. The Bertz CT molecular complexity index is 103. The van der Waals surface area contributed by atoms with Crippen LogP contribution in [0.2, 0.25) is 6.32 Å². The van der Waals surface area contributed by atoms with Crippen LogP contribution in [0.3, 0.4) is 0 Å². The van der Waals surface area contributed by atoms with E-state index in [0.717, 1.165) is 12.8 Å². The van der Waals surface area contributed by atoms with E-state index in [1.165, 1.54) is 0 Å². The van der Waals surface area contributed by atoms with Gasteiger partial charge in [-0.15, -0.1) is 0 Å². The highest BCUT2D eigenvalue weighted by Crippen LogP contribution is 2.09. The summed E-state index contributed by atoms with van der Waals surface area (Å²) in [4.78, 5) is 2.49. The van der Waals surface area contributed by atoms with E-state index in [2.05, 4.69) is 39.4 Å². The van der Waals surface area contributed by atoms with Crippen molar-refractivity contribution in [1.82, 2.24) is 4.81 Å². The first-order valence-electron chi connectivity index (χ1n) is 5.02. The fourth-order valence-corrected chi connectivity index (χ4v) is 1.94. The number of nitrogens with zero attached hydrogens (tertiary/aromatic N) is 1. The zero-order valence-corrected chi connectivity index (χ0v) is 9.17. The molecule has 0 unspecified atom stereocenters. The van der Waals surface area contributed by atoms with Crippen LogP contribution in [0.4, 0.5) is 0 Å². The number of hydrogen-bond donors (Lipinski definition) is 1. The van der Waals surface area contributed by atoms with Crippen molar-refractivity contribution in [2.75, 3.05) is 6.44 Å². The Morgan fingerprint density at radius 2 is 1.58 bits per heavy atom. The van der Waals surface area contributed by atoms with Crippen molar-refractivity contribution >= 4 is 6.85 Å². The molecule has 12 heavy (non-hydrogen) atoms. The normalized spacial score (nSPS) is 11.8. The van der Waals surface area contributed by atoms with E-state index >= 15 is 0 Å². The van der Waals surface area contributed by atoms with Crippen molar-refractivity contribution in [3.05, 3.63) is 0 Å². The molecule has 0 saturated heterocycles. The van der Waals surface area contributed by atoms with Gasteiger partial charge < -0.3 is 10.5 Å². The van der Waals surface area contributed by atoms with E-state index in [9.17, 15) is 0 Å². The minimum absolute atomic E-state index is 0.546. The maximum atomic E-state index is 5.72. The van der Waals surface area contributed by atoms with Crippen LogP contribution in [-0.2, 0) is 0 Å². The standard InChI is InChI=1S/C9H23BN2/c1-6-10(7-11)12(8(2)3)9(4)5/h8-9H,6-7,11H2,1-5H3. The molecule has 0 fully saturated rings. The Kier molecular flexibility index (Phi) is 5.59. The summed E-state index contributed by atoms with van der Waals surface area (Å²) in [6.07, 6.45) is 1.92. The molecule has 0 aromatic carbocycles. The van der Waals surface area contributed by atoms with Crippen LogP contribution >= 0.6 is 0 Å². The minimum atomic E-state index is 0.546. The summed E-state index contributed by atoms with van der Waals surface area (Å²) in [6.45, 7) is 11.7. The molecule has 72 valence electrons. The van der Waals surface area contributed by atoms with Crippen LogP contribution in [-0.4, -0.2) is 30.2 Å². The lowest BCUT2D eigenvalue weighted by molar-refractivity contribution is 0.301. The van der Waals surface area contributed by atoms with Crippen LogP contribution in [0.1, 0.15) is 34.6 Å². The molecule has 0 amide bonds. The summed E-state index contributed by atoms with van der Waals surface area (Å²) in [5.74, 6) is 0. The molecular weight excluding hydrogens is 147 g/mol. The first-order chi connectivity index (χ1) is 5.54. The largest absolute Gasteiger partial charge is 0.337 e. The van der Waals surface area contributed by atoms with Crippen LogP contribution in [0.5, 0.6) is 0 Å². The number of nitrogens with two attached hydrogens (primary N) is 1. The van der Waals surface area contributed by atoms with E-state index in [4.69, 9.17) is 5.73 Å². The average molecular weight is 170 g/mol. The van der Waals surface area contributed by atoms with Crippen LogP contribution in [0.15, 0.2) is 0 Å². The smallest absolute Gasteiger partial charge is 0.237 e. The summed E-state index contributed by atoms with van der Waals surface area (Å²) in [6, 6.07) is 1.19. The molecule has 2 N–H and O–H groups in total.